The average Bonchev–Trinajstić information content (AvgIpc) is 2.16. The Morgan fingerprint density at radius 2 is 2.06 bits per heavy atom. The van der Waals surface area contributed by atoms with Gasteiger partial charge in [0, 0.05) is 23.1 Å². The molecule has 16 heavy (non-hydrogen) atoms. The summed E-state index contributed by atoms with van der Waals surface area (Å²) in [5.74, 6) is 0.259. The van der Waals surface area contributed by atoms with E-state index >= 15 is 0 Å². The summed E-state index contributed by atoms with van der Waals surface area (Å²) in [6.07, 6.45) is 1.16. The van der Waals surface area contributed by atoms with Gasteiger partial charge in [-0.25, -0.2) is 9.79 Å². The highest BCUT2D eigenvalue weighted by Crippen LogP contribution is 2.19. The molecule has 6 heteroatoms. The zero-order chi connectivity index (χ0) is 12.5. The Morgan fingerprint density at radius 3 is 2.44 bits per heavy atom. The lowest BCUT2D eigenvalue weighted by Crippen LogP contribution is -2.48. The normalized spacial score (nSPS) is 19.5. The predicted molar refractivity (Wildman–Crippen MR) is 63.9 cm³/mol. The summed E-state index contributed by atoms with van der Waals surface area (Å²) >= 11 is 0. The van der Waals surface area contributed by atoms with Gasteiger partial charge in [-0.1, -0.05) is 0 Å². The third-order valence-electron chi connectivity index (χ3n) is 2.64. The van der Waals surface area contributed by atoms with Gasteiger partial charge in [0.2, 0.25) is 5.90 Å². The van der Waals surface area contributed by atoms with Crippen LogP contribution in [0.5, 0.6) is 0 Å². The third-order valence-corrected chi connectivity index (χ3v) is 4.25. The van der Waals surface area contributed by atoms with E-state index in [-0.39, 0.29) is 18.6 Å². The van der Waals surface area contributed by atoms with Crippen molar-refractivity contribution in [2.75, 3.05) is 12.9 Å². The van der Waals surface area contributed by atoms with E-state index in [2.05, 4.69) is 4.99 Å². The Bertz CT molecular complexity index is 350. The number of ether oxygens (including phenoxy) is 1. The maximum absolute atomic E-state index is 11.6. The third kappa shape index (κ3) is 2.42. The molecule has 0 aromatic heterocycles. The summed E-state index contributed by atoms with van der Waals surface area (Å²) in [5.41, 5.74) is 0. The molecule has 0 saturated carbocycles. The van der Waals surface area contributed by atoms with Gasteiger partial charge in [-0.05, 0) is 27.7 Å². The van der Waals surface area contributed by atoms with Crippen molar-refractivity contribution >= 4 is 22.8 Å². The molecule has 0 N–H and O–H groups in total. The van der Waals surface area contributed by atoms with Gasteiger partial charge in [0.25, 0.3) is 0 Å². The monoisotopic (exact) mass is 246 g/mol. The van der Waals surface area contributed by atoms with E-state index in [0.717, 1.165) is 0 Å². The molecule has 1 rings (SSSR count). The first-order valence-corrected chi connectivity index (χ1v) is 6.69. The van der Waals surface area contributed by atoms with E-state index in [1.807, 2.05) is 13.8 Å². The largest absolute Gasteiger partial charge is 0.418 e. The van der Waals surface area contributed by atoms with Crippen molar-refractivity contribution in [2.45, 2.75) is 38.5 Å². The van der Waals surface area contributed by atoms with E-state index in [4.69, 9.17) is 4.74 Å². The molecule has 0 radical (unpaired) electrons. The maximum Gasteiger partial charge on any atom is 0.418 e. The molecule has 1 aliphatic heterocycles. The van der Waals surface area contributed by atoms with Crippen molar-refractivity contribution in [2.24, 2.45) is 4.99 Å². The first-order valence-electron chi connectivity index (χ1n) is 5.13. The van der Waals surface area contributed by atoms with Crippen molar-refractivity contribution in [3.8, 4) is 0 Å². The molecule has 1 heterocycles. The van der Waals surface area contributed by atoms with Crippen LogP contribution in [-0.2, 0) is 15.5 Å². The van der Waals surface area contributed by atoms with Crippen LogP contribution in [0.15, 0.2) is 4.99 Å². The average molecular weight is 246 g/mol. The lowest BCUT2D eigenvalue weighted by Gasteiger charge is -2.32. The van der Waals surface area contributed by atoms with Gasteiger partial charge in [0.1, 0.15) is 11.4 Å². The predicted octanol–water partition coefficient (Wildman–Crippen LogP) is 1.36. The highest BCUT2D eigenvalue weighted by atomic mass is 32.2. The molecule has 92 valence electrons. The molecule has 1 atom stereocenters. The molecule has 1 aliphatic rings. The summed E-state index contributed by atoms with van der Waals surface area (Å²) in [5, 5.41) is 0. The fourth-order valence-electron chi connectivity index (χ4n) is 1.18. The maximum atomic E-state index is 11.6. The van der Waals surface area contributed by atoms with Crippen LogP contribution < -0.4 is 0 Å². The Hall–Kier alpha value is -0.910. The molecule has 0 aromatic carbocycles. The minimum Gasteiger partial charge on any atom is -0.394 e. The number of nitrogens with zero attached hydrogens (tertiary/aromatic N) is 2. The van der Waals surface area contributed by atoms with E-state index in [1.165, 1.54) is 4.90 Å². The SMILES string of the molecule is CC(C)N1CN=C(C(C)(C)S(C)=O)OC1=O. The molecule has 0 aromatic rings. The molecule has 0 saturated heterocycles. The smallest absolute Gasteiger partial charge is 0.394 e. The lowest BCUT2D eigenvalue weighted by atomic mass is 10.2. The highest BCUT2D eigenvalue weighted by molar-refractivity contribution is 7.86. The van der Waals surface area contributed by atoms with Crippen molar-refractivity contribution < 1.29 is 13.7 Å². The number of rotatable bonds is 3. The molecule has 1 amide bonds. The summed E-state index contributed by atoms with van der Waals surface area (Å²) in [6.45, 7) is 7.56. The minimum absolute atomic E-state index is 0.0491. The van der Waals surface area contributed by atoms with Crippen molar-refractivity contribution in [1.82, 2.24) is 4.90 Å². The fraction of sp³-hybridized carbons (Fsp3) is 0.800. The van der Waals surface area contributed by atoms with Gasteiger partial charge in [-0.2, -0.15) is 0 Å². The van der Waals surface area contributed by atoms with Crippen LogP contribution in [0.2, 0.25) is 0 Å². The second-order valence-corrected chi connectivity index (χ2v) is 6.43. The summed E-state index contributed by atoms with van der Waals surface area (Å²) < 4.78 is 15.9. The summed E-state index contributed by atoms with van der Waals surface area (Å²) in [4.78, 5) is 17.3. The van der Waals surface area contributed by atoms with Crippen LogP contribution in [0.4, 0.5) is 4.79 Å². The molecular weight excluding hydrogens is 228 g/mol. The zero-order valence-corrected chi connectivity index (χ0v) is 11.1. The number of hydrogen-bond acceptors (Lipinski definition) is 4. The second kappa shape index (κ2) is 4.53. The fourth-order valence-corrected chi connectivity index (χ4v) is 1.53. The zero-order valence-electron chi connectivity index (χ0n) is 10.3. The van der Waals surface area contributed by atoms with E-state index in [0.29, 0.717) is 0 Å². The molecule has 0 spiro atoms. The molecule has 5 nitrogen and oxygen atoms in total. The summed E-state index contributed by atoms with van der Waals surface area (Å²) in [6, 6.07) is 0.0491. The quantitative estimate of drug-likeness (QED) is 0.755. The number of carbonyl (C=O) groups is 1. The molecule has 0 fully saturated rings. The number of carbonyl (C=O) groups excluding carboxylic acids is 1. The van der Waals surface area contributed by atoms with Gasteiger partial charge < -0.3 is 4.74 Å². The van der Waals surface area contributed by atoms with Crippen molar-refractivity contribution in [1.29, 1.82) is 0 Å². The Balaban J connectivity index is 2.90. The standard InChI is InChI=1S/C10H18N2O3S/c1-7(2)12-6-11-8(15-9(12)13)10(3,4)16(5)14/h7H,6H2,1-5H3. The van der Waals surface area contributed by atoms with Crippen LogP contribution in [0, 0.1) is 0 Å². The van der Waals surface area contributed by atoms with Gasteiger partial charge in [-0.3, -0.25) is 9.11 Å². The van der Waals surface area contributed by atoms with E-state index < -0.39 is 21.6 Å². The first-order chi connectivity index (χ1) is 7.26. The van der Waals surface area contributed by atoms with Gasteiger partial charge >= 0.3 is 6.09 Å². The van der Waals surface area contributed by atoms with Crippen molar-refractivity contribution in [3.63, 3.8) is 0 Å². The Kier molecular flexibility index (Phi) is 3.72. The number of amides is 1. The molecule has 1 unspecified atom stereocenters. The Labute approximate surface area is 98.3 Å². The van der Waals surface area contributed by atoms with E-state index in [9.17, 15) is 9.00 Å². The van der Waals surface area contributed by atoms with Crippen LogP contribution >= 0.6 is 0 Å². The van der Waals surface area contributed by atoms with Crippen LogP contribution in [-0.4, -0.2) is 44.8 Å². The number of aliphatic imine (C=N–C) groups is 1. The Morgan fingerprint density at radius 1 is 1.50 bits per heavy atom. The highest BCUT2D eigenvalue weighted by Gasteiger charge is 2.37. The minimum atomic E-state index is -1.14. The van der Waals surface area contributed by atoms with Crippen LogP contribution in [0.25, 0.3) is 0 Å². The van der Waals surface area contributed by atoms with Crippen molar-refractivity contribution in [3.05, 3.63) is 0 Å². The lowest BCUT2D eigenvalue weighted by molar-refractivity contribution is 0.124. The van der Waals surface area contributed by atoms with E-state index in [1.54, 1.807) is 20.1 Å². The van der Waals surface area contributed by atoms with Gasteiger partial charge in [0.05, 0.1) is 0 Å². The number of cyclic esters (lactones) is 1. The van der Waals surface area contributed by atoms with Gasteiger partial charge in [0.15, 0.2) is 0 Å². The second-order valence-electron chi connectivity index (χ2n) is 4.50. The summed E-state index contributed by atoms with van der Waals surface area (Å²) in [7, 11) is -1.14. The number of hydrogen-bond donors (Lipinski definition) is 0. The molecular formula is C10H18N2O3S. The molecule has 0 aliphatic carbocycles. The van der Waals surface area contributed by atoms with Crippen LogP contribution in [0.3, 0.4) is 0 Å². The van der Waals surface area contributed by atoms with Crippen LogP contribution in [0.1, 0.15) is 27.7 Å². The molecule has 0 bridgehead atoms. The topological polar surface area (TPSA) is 59.0 Å². The first kappa shape index (κ1) is 13.2. The van der Waals surface area contributed by atoms with Gasteiger partial charge in [-0.15, -0.1) is 0 Å².